The minimum Gasteiger partial charge on any atom is -0.393 e. The molecule has 25 heavy (non-hydrogen) atoms. The minimum atomic E-state index is -1.46. The molecule has 7 atom stereocenters. The summed E-state index contributed by atoms with van der Waals surface area (Å²) in [4.78, 5) is 23.9. The van der Waals surface area contributed by atoms with Gasteiger partial charge in [0.25, 0.3) is 0 Å². The maximum absolute atomic E-state index is 12.1. The van der Waals surface area contributed by atoms with Crippen LogP contribution in [0.5, 0.6) is 0 Å². The summed E-state index contributed by atoms with van der Waals surface area (Å²) in [5.41, 5.74) is -1.30. The van der Waals surface area contributed by atoms with Gasteiger partial charge in [0.1, 0.15) is 5.60 Å². The van der Waals surface area contributed by atoms with E-state index in [1.807, 2.05) is 13.0 Å². The second kappa shape index (κ2) is 5.30. The van der Waals surface area contributed by atoms with Crippen molar-refractivity contribution in [3.63, 3.8) is 0 Å². The van der Waals surface area contributed by atoms with Crippen LogP contribution >= 0.6 is 12.6 Å². The summed E-state index contributed by atoms with van der Waals surface area (Å²) in [6, 6.07) is 0. The van der Waals surface area contributed by atoms with E-state index < -0.39 is 22.2 Å². The molecule has 0 aromatic carbocycles. The highest BCUT2D eigenvalue weighted by Crippen LogP contribution is 2.67. The van der Waals surface area contributed by atoms with Crippen LogP contribution < -0.4 is 0 Å². The average molecular weight is 362 g/mol. The standard InChI is InChI=1S/C20H26O4S/c1-18-7-5-12(21)9-11(18)3-4-13-14-6-8-20(24,17(23)25)19(14,2)10-15(22)16(13)18/h5,7,9,13-16,22,24H,3-4,6,8,10H2,1-2H3,(H,23,25)/t13?,14?,15-,16?,18?,19-,20-/m0/s1. The van der Waals surface area contributed by atoms with Gasteiger partial charge < -0.3 is 10.2 Å². The van der Waals surface area contributed by atoms with Gasteiger partial charge >= 0.3 is 0 Å². The molecule has 136 valence electrons. The number of aliphatic hydroxyl groups excluding tert-OH is 1. The van der Waals surface area contributed by atoms with Crippen LogP contribution in [-0.4, -0.2) is 32.8 Å². The number of thiol groups is 1. The first-order chi connectivity index (χ1) is 11.6. The van der Waals surface area contributed by atoms with E-state index in [9.17, 15) is 19.8 Å². The van der Waals surface area contributed by atoms with Crippen molar-refractivity contribution in [1.29, 1.82) is 0 Å². The molecule has 0 aromatic rings. The van der Waals surface area contributed by atoms with Gasteiger partial charge in [-0.2, -0.15) is 0 Å². The molecule has 0 aliphatic heterocycles. The van der Waals surface area contributed by atoms with Crippen LogP contribution in [0.1, 0.15) is 46.0 Å². The summed E-state index contributed by atoms with van der Waals surface area (Å²) in [5.74, 6) is 0.464. The third-order valence-corrected chi connectivity index (χ3v) is 8.37. The second-order valence-corrected chi connectivity index (χ2v) is 9.32. The van der Waals surface area contributed by atoms with Gasteiger partial charge in [-0.1, -0.05) is 25.5 Å². The summed E-state index contributed by atoms with van der Waals surface area (Å²) in [5, 5.41) is 21.7. The zero-order chi connectivity index (χ0) is 18.2. The molecule has 0 heterocycles. The Morgan fingerprint density at radius 2 is 2.04 bits per heavy atom. The fourth-order valence-corrected chi connectivity index (χ4v) is 7.05. The molecule has 3 saturated carbocycles. The quantitative estimate of drug-likeness (QED) is 0.627. The highest BCUT2D eigenvalue weighted by atomic mass is 32.1. The molecule has 3 fully saturated rings. The van der Waals surface area contributed by atoms with Crippen molar-refractivity contribution in [3.05, 3.63) is 23.8 Å². The van der Waals surface area contributed by atoms with Crippen molar-refractivity contribution < 1.29 is 19.8 Å². The lowest BCUT2D eigenvalue weighted by Crippen LogP contribution is -2.60. The largest absolute Gasteiger partial charge is 0.393 e. The molecular weight excluding hydrogens is 336 g/mol. The van der Waals surface area contributed by atoms with E-state index >= 15 is 0 Å². The topological polar surface area (TPSA) is 74.6 Å². The van der Waals surface area contributed by atoms with Crippen LogP contribution in [-0.2, 0) is 9.59 Å². The summed E-state index contributed by atoms with van der Waals surface area (Å²) in [6.45, 7) is 4.07. The Morgan fingerprint density at radius 3 is 2.72 bits per heavy atom. The highest BCUT2D eigenvalue weighted by Gasteiger charge is 2.67. The number of hydrogen-bond acceptors (Lipinski definition) is 4. The first kappa shape index (κ1) is 17.5. The lowest BCUT2D eigenvalue weighted by molar-refractivity contribution is -0.169. The van der Waals surface area contributed by atoms with E-state index in [1.165, 1.54) is 0 Å². The van der Waals surface area contributed by atoms with Gasteiger partial charge in [-0.15, -0.1) is 12.6 Å². The number of aliphatic hydroxyl groups is 2. The fraction of sp³-hybridized carbons (Fsp3) is 0.700. The molecule has 4 aliphatic rings. The van der Waals surface area contributed by atoms with Crippen molar-refractivity contribution in [3.8, 4) is 0 Å². The van der Waals surface area contributed by atoms with Crippen molar-refractivity contribution in [1.82, 2.24) is 0 Å². The number of carbonyl (C=O) groups is 2. The molecule has 4 nitrogen and oxygen atoms in total. The number of rotatable bonds is 1. The Morgan fingerprint density at radius 1 is 1.32 bits per heavy atom. The van der Waals surface area contributed by atoms with Gasteiger partial charge in [0.05, 0.1) is 6.10 Å². The van der Waals surface area contributed by atoms with Gasteiger partial charge in [0.2, 0.25) is 5.12 Å². The first-order valence-corrected chi connectivity index (χ1v) is 9.66. The summed E-state index contributed by atoms with van der Waals surface area (Å²) in [7, 11) is 0. The van der Waals surface area contributed by atoms with E-state index in [4.69, 9.17) is 0 Å². The lowest BCUT2D eigenvalue weighted by atomic mass is 9.46. The van der Waals surface area contributed by atoms with Crippen molar-refractivity contribution >= 4 is 23.5 Å². The Labute approximate surface area is 153 Å². The summed E-state index contributed by atoms with van der Waals surface area (Å²) in [6.07, 6.45) is 8.03. The number of ketones is 1. The van der Waals surface area contributed by atoms with E-state index in [0.717, 1.165) is 24.8 Å². The Hall–Kier alpha value is -0.910. The fourth-order valence-electron chi connectivity index (χ4n) is 6.68. The van der Waals surface area contributed by atoms with Crippen LogP contribution in [0.3, 0.4) is 0 Å². The molecule has 0 bridgehead atoms. The van der Waals surface area contributed by atoms with Gasteiger partial charge in [0, 0.05) is 16.7 Å². The van der Waals surface area contributed by atoms with Crippen molar-refractivity contribution in [2.75, 3.05) is 0 Å². The third kappa shape index (κ3) is 2.09. The summed E-state index contributed by atoms with van der Waals surface area (Å²) < 4.78 is 0. The molecule has 0 radical (unpaired) electrons. The molecule has 5 heteroatoms. The zero-order valence-electron chi connectivity index (χ0n) is 14.7. The van der Waals surface area contributed by atoms with E-state index in [1.54, 1.807) is 12.2 Å². The van der Waals surface area contributed by atoms with Gasteiger partial charge in [-0.25, -0.2) is 0 Å². The van der Waals surface area contributed by atoms with Crippen LogP contribution in [0.15, 0.2) is 23.8 Å². The maximum Gasteiger partial charge on any atom is 0.218 e. The SMILES string of the molecule is CC12C=CC(=O)C=C1CCC1C2[C@@H](O)C[C@@]2(C)C1CC[C@]2(O)C(=O)S. The molecule has 4 aliphatic carbocycles. The maximum atomic E-state index is 12.1. The highest BCUT2D eigenvalue weighted by molar-refractivity contribution is 7.96. The molecule has 0 spiro atoms. The average Bonchev–Trinajstić information content (AvgIpc) is 2.80. The zero-order valence-corrected chi connectivity index (χ0v) is 15.6. The van der Waals surface area contributed by atoms with Crippen LogP contribution in [0.25, 0.3) is 0 Å². The Kier molecular flexibility index (Phi) is 3.71. The number of carbonyl (C=O) groups excluding carboxylic acids is 2. The Balaban J connectivity index is 1.76. The molecule has 4 unspecified atom stereocenters. The molecule has 0 amide bonds. The van der Waals surface area contributed by atoms with Gasteiger partial charge in [-0.05, 0) is 56.1 Å². The van der Waals surface area contributed by atoms with Crippen molar-refractivity contribution in [2.45, 2.75) is 57.7 Å². The normalized spacial score (nSPS) is 51.4. The number of allylic oxidation sites excluding steroid dienone is 4. The molecule has 2 N–H and O–H groups in total. The number of fused-ring (bicyclic) bond motifs is 5. The second-order valence-electron chi connectivity index (χ2n) is 8.92. The van der Waals surface area contributed by atoms with Gasteiger partial charge in [0.15, 0.2) is 5.78 Å². The van der Waals surface area contributed by atoms with Crippen LogP contribution in [0.2, 0.25) is 0 Å². The molecule has 0 saturated heterocycles. The van der Waals surface area contributed by atoms with Crippen molar-refractivity contribution in [2.24, 2.45) is 28.6 Å². The van der Waals surface area contributed by atoms with Crippen LogP contribution in [0.4, 0.5) is 0 Å². The van der Waals surface area contributed by atoms with E-state index in [0.29, 0.717) is 12.8 Å². The third-order valence-electron chi connectivity index (χ3n) is 8.00. The predicted molar refractivity (Wildman–Crippen MR) is 96.9 cm³/mol. The van der Waals surface area contributed by atoms with E-state index in [2.05, 4.69) is 19.6 Å². The first-order valence-electron chi connectivity index (χ1n) is 9.21. The van der Waals surface area contributed by atoms with Crippen LogP contribution in [0, 0.1) is 28.6 Å². The lowest BCUT2D eigenvalue weighted by Gasteiger charge is -2.59. The monoisotopic (exact) mass is 362 g/mol. The minimum absolute atomic E-state index is 0.0206. The predicted octanol–water partition coefficient (Wildman–Crippen LogP) is 2.45. The van der Waals surface area contributed by atoms with Gasteiger partial charge in [-0.3, -0.25) is 9.59 Å². The molecular formula is C20H26O4S. The Bertz CT molecular complexity index is 712. The van der Waals surface area contributed by atoms with E-state index in [-0.39, 0.29) is 29.0 Å². The summed E-state index contributed by atoms with van der Waals surface area (Å²) >= 11 is 3.97. The molecule has 4 rings (SSSR count). The number of hydrogen-bond donors (Lipinski definition) is 3. The smallest absolute Gasteiger partial charge is 0.218 e. The molecule has 0 aromatic heterocycles.